The van der Waals surface area contributed by atoms with E-state index >= 15 is 0 Å². The Kier molecular flexibility index (Phi) is 2.87. The number of rotatable bonds is 3. The van der Waals surface area contributed by atoms with Crippen molar-refractivity contribution in [3.8, 4) is 5.75 Å². The molecule has 2 rings (SSSR count). The number of nitrogens with zero attached hydrogens (tertiary/aromatic N) is 1. The van der Waals surface area contributed by atoms with Crippen LogP contribution < -0.4 is 15.8 Å². The van der Waals surface area contributed by atoms with Crippen LogP contribution in [0.1, 0.15) is 5.56 Å². The van der Waals surface area contributed by atoms with Crippen molar-refractivity contribution < 1.29 is 4.74 Å². The Labute approximate surface area is 89.1 Å². The molecular weight excluding hydrogens is 190 g/mol. The second kappa shape index (κ2) is 4.31. The molecule has 4 heteroatoms. The molecule has 0 atom stereocenters. The van der Waals surface area contributed by atoms with Crippen molar-refractivity contribution in [3.63, 3.8) is 0 Å². The maximum absolute atomic E-state index is 5.88. The lowest BCUT2D eigenvalue weighted by Crippen LogP contribution is -2.46. The highest BCUT2D eigenvalue weighted by molar-refractivity contribution is 5.97. The predicted octanol–water partition coefficient (Wildman–Crippen LogP) is 0.372. The maximum atomic E-state index is 5.88. The van der Waals surface area contributed by atoms with Crippen molar-refractivity contribution in [1.29, 1.82) is 0 Å². The van der Waals surface area contributed by atoms with Crippen LogP contribution in [0.5, 0.6) is 5.75 Å². The Balaban J connectivity index is 2.10. The smallest absolute Gasteiger partial charge is 0.125 e. The molecule has 4 nitrogen and oxygen atoms in total. The number of aliphatic imine (C=N–C) groups is 1. The number of hydrogen-bond acceptors (Lipinski definition) is 3. The average molecular weight is 205 g/mol. The zero-order valence-corrected chi connectivity index (χ0v) is 8.73. The Morgan fingerprint density at radius 2 is 2.07 bits per heavy atom. The van der Waals surface area contributed by atoms with Crippen LogP contribution in [0.2, 0.25) is 0 Å². The summed E-state index contributed by atoms with van der Waals surface area (Å²) in [5, 5.41) is 3.15. The topological polar surface area (TPSA) is 59.6 Å². The Morgan fingerprint density at radius 3 is 2.53 bits per heavy atom. The fraction of sp³-hybridized carbons (Fsp3) is 0.364. The molecule has 1 aliphatic rings. The van der Waals surface area contributed by atoms with E-state index < -0.39 is 0 Å². The Morgan fingerprint density at radius 1 is 1.40 bits per heavy atom. The van der Waals surface area contributed by atoms with Crippen LogP contribution in [0.3, 0.4) is 0 Å². The molecule has 1 fully saturated rings. The first kappa shape index (κ1) is 9.98. The van der Waals surface area contributed by atoms with Gasteiger partial charge in [0, 0.05) is 18.7 Å². The van der Waals surface area contributed by atoms with Crippen molar-refractivity contribution >= 4 is 5.84 Å². The zero-order valence-electron chi connectivity index (χ0n) is 8.73. The number of benzene rings is 1. The first-order chi connectivity index (χ1) is 7.29. The molecule has 0 unspecified atom stereocenters. The summed E-state index contributed by atoms with van der Waals surface area (Å²) in [6.45, 7) is 1.85. The Hall–Kier alpha value is -1.55. The fourth-order valence-electron chi connectivity index (χ4n) is 1.40. The van der Waals surface area contributed by atoms with Gasteiger partial charge in [0.1, 0.15) is 11.6 Å². The predicted molar refractivity (Wildman–Crippen MR) is 60.4 cm³/mol. The Bertz CT molecular complexity index is 355. The number of ether oxygens (including phenoxy) is 1. The van der Waals surface area contributed by atoms with Gasteiger partial charge in [-0.1, -0.05) is 0 Å². The molecule has 3 N–H and O–H groups in total. The monoisotopic (exact) mass is 205 g/mol. The SMILES string of the molecule is COc1ccc(C(N)=NC2CNC2)cc1. The summed E-state index contributed by atoms with van der Waals surface area (Å²) in [7, 11) is 1.65. The molecule has 0 saturated carbocycles. The summed E-state index contributed by atoms with van der Waals surface area (Å²) in [6.07, 6.45) is 0. The molecule has 80 valence electrons. The molecule has 1 aromatic rings. The minimum absolute atomic E-state index is 0.340. The number of methoxy groups -OCH3 is 1. The highest BCUT2D eigenvalue weighted by Gasteiger charge is 2.15. The summed E-state index contributed by atoms with van der Waals surface area (Å²) in [5.41, 5.74) is 6.83. The molecular formula is C11H15N3O. The van der Waals surface area contributed by atoms with Gasteiger partial charge in [0.2, 0.25) is 0 Å². The van der Waals surface area contributed by atoms with E-state index in [2.05, 4.69) is 10.3 Å². The van der Waals surface area contributed by atoms with Crippen LogP contribution in [0.25, 0.3) is 0 Å². The second-order valence-corrected chi connectivity index (χ2v) is 3.55. The summed E-state index contributed by atoms with van der Waals surface area (Å²) in [6, 6.07) is 7.95. The summed E-state index contributed by atoms with van der Waals surface area (Å²) < 4.78 is 5.07. The third-order valence-electron chi connectivity index (χ3n) is 2.47. The van der Waals surface area contributed by atoms with Gasteiger partial charge in [-0.25, -0.2) is 0 Å². The van der Waals surface area contributed by atoms with E-state index in [1.54, 1.807) is 7.11 Å². The molecule has 0 amide bonds. The van der Waals surface area contributed by atoms with E-state index in [0.29, 0.717) is 11.9 Å². The molecule has 15 heavy (non-hydrogen) atoms. The lowest BCUT2D eigenvalue weighted by molar-refractivity contribution is 0.415. The minimum Gasteiger partial charge on any atom is -0.497 e. The fourth-order valence-corrected chi connectivity index (χ4v) is 1.40. The van der Waals surface area contributed by atoms with Gasteiger partial charge in [0.05, 0.1) is 13.2 Å². The molecule has 0 spiro atoms. The first-order valence-electron chi connectivity index (χ1n) is 4.98. The summed E-state index contributed by atoms with van der Waals surface area (Å²) in [5.74, 6) is 1.43. The van der Waals surface area contributed by atoms with Gasteiger partial charge in [0.25, 0.3) is 0 Å². The third kappa shape index (κ3) is 2.27. The van der Waals surface area contributed by atoms with Crippen LogP contribution in [-0.4, -0.2) is 32.1 Å². The van der Waals surface area contributed by atoms with Gasteiger partial charge in [-0.3, -0.25) is 4.99 Å². The second-order valence-electron chi connectivity index (χ2n) is 3.55. The van der Waals surface area contributed by atoms with Crippen molar-refractivity contribution in [2.45, 2.75) is 6.04 Å². The molecule has 0 bridgehead atoms. The molecule has 1 saturated heterocycles. The van der Waals surface area contributed by atoms with Crippen LogP contribution in [0, 0.1) is 0 Å². The van der Waals surface area contributed by atoms with E-state index in [0.717, 1.165) is 24.4 Å². The van der Waals surface area contributed by atoms with Gasteiger partial charge >= 0.3 is 0 Å². The van der Waals surface area contributed by atoms with Gasteiger partial charge in [-0.2, -0.15) is 0 Å². The van der Waals surface area contributed by atoms with Crippen LogP contribution in [-0.2, 0) is 0 Å². The highest BCUT2D eigenvalue weighted by atomic mass is 16.5. The zero-order chi connectivity index (χ0) is 10.7. The highest BCUT2D eigenvalue weighted by Crippen LogP contribution is 2.11. The quantitative estimate of drug-likeness (QED) is 0.553. The molecule has 0 aromatic heterocycles. The third-order valence-corrected chi connectivity index (χ3v) is 2.47. The lowest BCUT2D eigenvalue weighted by Gasteiger charge is -2.23. The number of nitrogens with one attached hydrogen (secondary N) is 1. The van der Waals surface area contributed by atoms with Gasteiger partial charge < -0.3 is 15.8 Å². The minimum atomic E-state index is 0.340. The van der Waals surface area contributed by atoms with Crippen molar-refractivity contribution in [2.24, 2.45) is 10.7 Å². The van der Waals surface area contributed by atoms with Crippen molar-refractivity contribution in [1.82, 2.24) is 5.32 Å². The van der Waals surface area contributed by atoms with E-state index in [-0.39, 0.29) is 0 Å². The van der Waals surface area contributed by atoms with Crippen LogP contribution >= 0.6 is 0 Å². The van der Waals surface area contributed by atoms with E-state index in [1.807, 2.05) is 24.3 Å². The molecule has 1 heterocycles. The van der Waals surface area contributed by atoms with Gasteiger partial charge in [-0.15, -0.1) is 0 Å². The molecule has 0 radical (unpaired) electrons. The van der Waals surface area contributed by atoms with Crippen LogP contribution in [0.15, 0.2) is 29.3 Å². The van der Waals surface area contributed by atoms with Gasteiger partial charge in [-0.05, 0) is 24.3 Å². The molecule has 0 aliphatic carbocycles. The standard InChI is InChI=1S/C11H15N3O/c1-15-10-4-2-8(3-5-10)11(12)14-9-6-13-7-9/h2-5,9,13H,6-7H2,1H3,(H2,12,14). The van der Waals surface area contributed by atoms with Crippen molar-refractivity contribution in [3.05, 3.63) is 29.8 Å². The number of amidine groups is 1. The number of nitrogens with two attached hydrogens (primary N) is 1. The van der Waals surface area contributed by atoms with E-state index in [1.165, 1.54) is 0 Å². The number of hydrogen-bond donors (Lipinski definition) is 2. The average Bonchev–Trinajstić information content (AvgIpc) is 2.23. The first-order valence-corrected chi connectivity index (χ1v) is 4.98. The summed E-state index contributed by atoms with van der Waals surface area (Å²) >= 11 is 0. The lowest BCUT2D eigenvalue weighted by atomic mass is 10.1. The maximum Gasteiger partial charge on any atom is 0.125 e. The van der Waals surface area contributed by atoms with Crippen molar-refractivity contribution in [2.75, 3.05) is 20.2 Å². The normalized spacial score (nSPS) is 17.3. The van der Waals surface area contributed by atoms with Crippen LogP contribution in [0.4, 0.5) is 0 Å². The summed E-state index contributed by atoms with van der Waals surface area (Å²) in [4.78, 5) is 4.40. The molecule has 1 aliphatic heterocycles. The van der Waals surface area contributed by atoms with E-state index in [4.69, 9.17) is 10.5 Å². The van der Waals surface area contributed by atoms with Gasteiger partial charge in [0.15, 0.2) is 0 Å². The largest absolute Gasteiger partial charge is 0.497 e. The van der Waals surface area contributed by atoms with E-state index in [9.17, 15) is 0 Å². The molecule has 1 aromatic carbocycles.